The van der Waals surface area contributed by atoms with Crippen molar-refractivity contribution in [2.75, 3.05) is 6.54 Å². The molecule has 2 N–H and O–H groups in total. The van der Waals surface area contributed by atoms with Gasteiger partial charge in [-0.2, -0.15) is 0 Å². The summed E-state index contributed by atoms with van der Waals surface area (Å²) >= 11 is 0. The van der Waals surface area contributed by atoms with Crippen molar-refractivity contribution in [3.8, 4) is 5.75 Å². The molecule has 1 heterocycles. The van der Waals surface area contributed by atoms with Crippen LogP contribution in [0.1, 0.15) is 91.3 Å². The quantitative estimate of drug-likeness (QED) is 0.139. The number of carbonyl (C=O) groups is 2. The zero-order valence-corrected chi connectivity index (χ0v) is 24.8. The van der Waals surface area contributed by atoms with E-state index in [1.807, 2.05) is 60.7 Å². The van der Waals surface area contributed by atoms with Crippen LogP contribution in [0.4, 0.5) is 0 Å². The number of hydrogen-bond donors (Lipinski definition) is 2. The Balaban J connectivity index is 1.19. The number of carboxylic acid groups (broad SMARTS) is 1. The van der Waals surface area contributed by atoms with E-state index in [4.69, 9.17) is 9.84 Å². The minimum absolute atomic E-state index is 0.0458. The van der Waals surface area contributed by atoms with Gasteiger partial charge in [0.25, 0.3) is 5.91 Å². The van der Waals surface area contributed by atoms with Crippen molar-refractivity contribution in [3.63, 3.8) is 0 Å². The van der Waals surface area contributed by atoms with E-state index in [2.05, 4.69) is 47.8 Å². The van der Waals surface area contributed by atoms with Gasteiger partial charge < -0.3 is 15.2 Å². The van der Waals surface area contributed by atoms with Crippen LogP contribution in [0.3, 0.4) is 0 Å². The third-order valence-electron chi connectivity index (χ3n) is 8.32. The fourth-order valence-electron chi connectivity index (χ4n) is 6.01. The Morgan fingerprint density at radius 3 is 1.88 bits per heavy atom. The zero-order chi connectivity index (χ0) is 29.9. The van der Waals surface area contributed by atoms with Gasteiger partial charge >= 0.3 is 5.97 Å². The molecule has 0 radical (unpaired) electrons. The number of rotatable bonds is 15. The SMILES string of the molecule is O=C(O)CCCCCCCCCCCNC(=O)c1cccc2c3c(ccc12)OC(c1ccccc1)(c1ccccc1)C=C3. The topological polar surface area (TPSA) is 75.6 Å². The molecule has 0 spiro atoms. The molecule has 4 aromatic rings. The molecule has 1 amide bonds. The lowest BCUT2D eigenvalue weighted by Gasteiger charge is -2.36. The highest BCUT2D eigenvalue weighted by Gasteiger charge is 2.37. The molecule has 0 unspecified atom stereocenters. The van der Waals surface area contributed by atoms with Gasteiger partial charge in [-0.25, -0.2) is 0 Å². The molecule has 1 aliphatic heterocycles. The lowest BCUT2D eigenvalue weighted by Crippen LogP contribution is -2.34. The largest absolute Gasteiger partial charge is 0.481 e. The minimum Gasteiger partial charge on any atom is -0.481 e. The maximum absolute atomic E-state index is 13.2. The second kappa shape index (κ2) is 14.7. The number of aliphatic carboxylic acids is 1. The Bertz CT molecular complexity index is 1510. The van der Waals surface area contributed by atoms with Crippen molar-refractivity contribution in [2.45, 2.75) is 69.8 Å². The first-order valence-electron chi connectivity index (χ1n) is 15.6. The Hall–Kier alpha value is -4.38. The van der Waals surface area contributed by atoms with Gasteiger partial charge in [0, 0.05) is 35.2 Å². The number of unbranched alkanes of at least 4 members (excludes halogenated alkanes) is 8. The van der Waals surface area contributed by atoms with Crippen LogP contribution in [-0.4, -0.2) is 23.5 Å². The predicted octanol–water partition coefficient (Wildman–Crippen LogP) is 8.90. The molecule has 1 aliphatic rings. The van der Waals surface area contributed by atoms with E-state index >= 15 is 0 Å². The van der Waals surface area contributed by atoms with Crippen LogP contribution in [0.25, 0.3) is 16.8 Å². The average Bonchev–Trinajstić information content (AvgIpc) is 3.05. The molecular weight excluding hydrogens is 534 g/mol. The highest BCUT2D eigenvalue weighted by Crippen LogP contribution is 2.44. The molecular formula is C38H41NO4. The summed E-state index contributed by atoms with van der Waals surface area (Å²) in [4.78, 5) is 23.8. The van der Waals surface area contributed by atoms with Crippen LogP contribution in [0.2, 0.25) is 0 Å². The maximum atomic E-state index is 13.2. The Labute approximate surface area is 254 Å². The summed E-state index contributed by atoms with van der Waals surface area (Å²) in [6.07, 6.45) is 14.2. The van der Waals surface area contributed by atoms with Crippen molar-refractivity contribution in [1.29, 1.82) is 0 Å². The maximum Gasteiger partial charge on any atom is 0.303 e. The molecule has 5 heteroatoms. The second-order valence-electron chi connectivity index (χ2n) is 11.4. The normalized spacial score (nSPS) is 13.3. The Morgan fingerprint density at radius 2 is 1.26 bits per heavy atom. The number of amides is 1. The van der Waals surface area contributed by atoms with Gasteiger partial charge in [-0.1, -0.05) is 118 Å². The van der Waals surface area contributed by atoms with Gasteiger partial charge in [0.1, 0.15) is 5.75 Å². The lowest BCUT2D eigenvalue weighted by molar-refractivity contribution is -0.137. The summed E-state index contributed by atoms with van der Waals surface area (Å²) in [6.45, 7) is 0.662. The van der Waals surface area contributed by atoms with E-state index in [1.54, 1.807) is 0 Å². The molecule has 0 aromatic heterocycles. The van der Waals surface area contributed by atoms with Gasteiger partial charge in [0.15, 0.2) is 5.60 Å². The third kappa shape index (κ3) is 7.34. The van der Waals surface area contributed by atoms with Crippen LogP contribution in [0, 0.1) is 0 Å². The summed E-state index contributed by atoms with van der Waals surface area (Å²) in [5, 5.41) is 13.7. The summed E-state index contributed by atoms with van der Waals surface area (Å²) in [7, 11) is 0. The van der Waals surface area contributed by atoms with Crippen molar-refractivity contribution < 1.29 is 19.4 Å². The molecule has 222 valence electrons. The highest BCUT2D eigenvalue weighted by molar-refractivity contribution is 6.09. The van der Waals surface area contributed by atoms with Gasteiger partial charge in [-0.15, -0.1) is 0 Å². The summed E-state index contributed by atoms with van der Waals surface area (Å²) in [5.41, 5.74) is 3.05. The molecule has 0 fully saturated rings. The second-order valence-corrected chi connectivity index (χ2v) is 11.4. The number of nitrogens with one attached hydrogen (secondary N) is 1. The number of fused-ring (bicyclic) bond motifs is 3. The first-order chi connectivity index (χ1) is 21.1. The fourth-order valence-corrected chi connectivity index (χ4v) is 6.01. The molecule has 43 heavy (non-hydrogen) atoms. The van der Waals surface area contributed by atoms with Gasteiger partial charge in [0.05, 0.1) is 0 Å². The van der Waals surface area contributed by atoms with E-state index < -0.39 is 11.6 Å². The fraction of sp³-hybridized carbons (Fsp3) is 0.316. The molecule has 5 rings (SSSR count). The van der Waals surface area contributed by atoms with Crippen molar-refractivity contribution in [2.24, 2.45) is 0 Å². The standard InChI is InChI=1S/C38H41NO4/c40-36(41)23-14-6-4-2-1-3-5-7-15-28-39-37(42)34-22-16-21-31-32(34)24-25-35-33(31)26-27-38(43-35,29-17-10-8-11-18-29)30-19-12-9-13-20-30/h8-13,16-22,24-27H,1-7,14-15,23,28H2,(H,39,42)(H,40,41). The van der Waals surface area contributed by atoms with E-state index in [1.165, 1.54) is 19.3 Å². The van der Waals surface area contributed by atoms with Crippen LogP contribution in [0.5, 0.6) is 5.75 Å². The number of hydrogen-bond acceptors (Lipinski definition) is 3. The van der Waals surface area contributed by atoms with Gasteiger partial charge in [-0.3, -0.25) is 9.59 Å². The highest BCUT2D eigenvalue weighted by atomic mass is 16.5. The Morgan fingerprint density at radius 1 is 0.651 bits per heavy atom. The van der Waals surface area contributed by atoms with Gasteiger partial charge in [-0.05, 0) is 54.0 Å². The zero-order valence-electron chi connectivity index (χ0n) is 24.8. The van der Waals surface area contributed by atoms with Crippen LogP contribution >= 0.6 is 0 Å². The van der Waals surface area contributed by atoms with E-state index in [0.29, 0.717) is 12.1 Å². The summed E-state index contributed by atoms with van der Waals surface area (Å²) in [5.74, 6) is 0.0449. The first-order valence-corrected chi connectivity index (χ1v) is 15.6. The van der Waals surface area contributed by atoms with E-state index in [-0.39, 0.29) is 12.3 Å². The lowest BCUT2D eigenvalue weighted by atomic mass is 9.83. The first kappa shape index (κ1) is 30.1. The molecule has 0 bridgehead atoms. The monoisotopic (exact) mass is 575 g/mol. The summed E-state index contributed by atoms with van der Waals surface area (Å²) in [6, 6.07) is 30.5. The van der Waals surface area contributed by atoms with Crippen LogP contribution < -0.4 is 10.1 Å². The number of ether oxygens (including phenoxy) is 1. The molecule has 5 nitrogen and oxygen atoms in total. The van der Waals surface area contributed by atoms with Crippen LogP contribution in [-0.2, 0) is 10.4 Å². The number of carbonyl (C=O) groups excluding carboxylic acids is 1. The van der Waals surface area contributed by atoms with Crippen LogP contribution in [0.15, 0.2) is 97.1 Å². The summed E-state index contributed by atoms with van der Waals surface area (Å²) < 4.78 is 6.84. The van der Waals surface area contributed by atoms with Crippen molar-refractivity contribution >= 4 is 28.7 Å². The molecule has 0 atom stereocenters. The number of carboxylic acids is 1. The molecule has 0 saturated heterocycles. The van der Waals surface area contributed by atoms with E-state index in [9.17, 15) is 9.59 Å². The predicted molar refractivity (Wildman–Crippen MR) is 173 cm³/mol. The Kier molecular flexibility index (Phi) is 10.3. The molecule has 0 aliphatic carbocycles. The minimum atomic E-state index is -0.736. The third-order valence-corrected chi connectivity index (χ3v) is 8.32. The average molecular weight is 576 g/mol. The molecule has 4 aromatic carbocycles. The molecule has 0 saturated carbocycles. The van der Waals surface area contributed by atoms with E-state index in [0.717, 1.165) is 71.7 Å². The smallest absolute Gasteiger partial charge is 0.303 e. The van der Waals surface area contributed by atoms with Crippen molar-refractivity contribution in [3.05, 3.63) is 119 Å². The van der Waals surface area contributed by atoms with Gasteiger partial charge in [0.2, 0.25) is 0 Å². The number of benzene rings is 4. The van der Waals surface area contributed by atoms with Crippen molar-refractivity contribution in [1.82, 2.24) is 5.32 Å².